The molecule has 0 bridgehead atoms. The SMILES string of the molecule is CCOC(=O)c1n[nH]c(C)c1NC(C)=O. The van der Waals surface area contributed by atoms with Crippen molar-refractivity contribution >= 4 is 17.6 Å². The van der Waals surface area contributed by atoms with E-state index in [0.29, 0.717) is 11.4 Å². The molecule has 0 saturated heterocycles. The Kier molecular flexibility index (Phi) is 3.43. The molecular weight excluding hydrogens is 198 g/mol. The molecule has 82 valence electrons. The third-order valence-corrected chi connectivity index (χ3v) is 1.72. The second kappa shape index (κ2) is 4.59. The molecule has 0 saturated carbocycles. The fourth-order valence-electron chi connectivity index (χ4n) is 1.11. The second-order valence-corrected chi connectivity index (χ2v) is 2.97. The summed E-state index contributed by atoms with van der Waals surface area (Å²) in [4.78, 5) is 22.3. The Balaban J connectivity index is 2.97. The summed E-state index contributed by atoms with van der Waals surface area (Å²) in [6, 6.07) is 0. The molecule has 2 N–H and O–H groups in total. The van der Waals surface area contributed by atoms with Gasteiger partial charge in [0, 0.05) is 6.92 Å². The van der Waals surface area contributed by atoms with Gasteiger partial charge in [0.15, 0.2) is 5.69 Å². The van der Waals surface area contributed by atoms with Gasteiger partial charge in [0.05, 0.1) is 18.0 Å². The molecule has 0 spiro atoms. The average Bonchev–Trinajstić information content (AvgIpc) is 2.48. The van der Waals surface area contributed by atoms with Crippen LogP contribution in [0.15, 0.2) is 0 Å². The van der Waals surface area contributed by atoms with E-state index in [1.165, 1.54) is 6.92 Å². The molecule has 0 aliphatic heterocycles. The molecular formula is C9H13N3O3. The quantitative estimate of drug-likeness (QED) is 0.726. The normalized spacial score (nSPS) is 9.80. The van der Waals surface area contributed by atoms with Gasteiger partial charge in [0.1, 0.15) is 0 Å². The summed E-state index contributed by atoms with van der Waals surface area (Å²) < 4.78 is 4.79. The monoisotopic (exact) mass is 211 g/mol. The number of H-pyrrole nitrogens is 1. The number of amides is 1. The van der Waals surface area contributed by atoms with Gasteiger partial charge in [-0.3, -0.25) is 9.89 Å². The summed E-state index contributed by atoms with van der Waals surface area (Å²) in [5.74, 6) is -0.810. The highest BCUT2D eigenvalue weighted by Gasteiger charge is 2.19. The van der Waals surface area contributed by atoms with E-state index in [0.717, 1.165) is 0 Å². The number of hydrogen-bond donors (Lipinski definition) is 2. The zero-order chi connectivity index (χ0) is 11.4. The Morgan fingerprint density at radius 3 is 2.73 bits per heavy atom. The third kappa shape index (κ3) is 2.55. The molecule has 0 radical (unpaired) electrons. The zero-order valence-electron chi connectivity index (χ0n) is 8.88. The van der Waals surface area contributed by atoms with E-state index in [1.54, 1.807) is 13.8 Å². The lowest BCUT2D eigenvalue weighted by Gasteiger charge is -2.03. The van der Waals surface area contributed by atoms with Gasteiger partial charge in [0.25, 0.3) is 0 Å². The minimum atomic E-state index is -0.550. The topological polar surface area (TPSA) is 84.1 Å². The van der Waals surface area contributed by atoms with Crippen molar-refractivity contribution in [2.45, 2.75) is 20.8 Å². The standard InChI is InChI=1S/C9H13N3O3/c1-4-15-9(14)8-7(10-6(3)13)5(2)11-12-8/h4H2,1-3H3,(H,10,13)(H,11,12). The molecule has 0 atom stereocenters. The number of hydrogen-bond acceptors (Lipinski definition) is 4. The van der Waals surface area contributed by atoms with Crippen LogP contribution in [0.25, 0.3) is 0 Å². The third-order valence-electron chi connectivity index (χ3n) is 1.72. The minimum Gasteiger partial charge on any atom is -0.461 e. The maximum Gasteiger partial charge on any atom is 0.361 e. The van der Waals surface area contributed by atoms with E-state index in [9.17, 15) is 9.59 Å². The summed E-state index contributed by atoms with van der Waals surface area (Å²) >= 11 is 0. The first kappa shape index (κ1) is 11.2. The van der Waals surface area contributed by atoms with E-state index in [-0.39, 0.29) is 18.2 Å². The number of esters is 1. The van der Waals surface area contributed by atoms with Crippen LogP contribution in [0.2, 0.25) is 0 Å². The smallest absolute Gasteiger partial charge is 0.361 e. The van der Waals surface area contributed by atoms with Crippen LogP contribution < -0.4 is 5.32 Å². The molecule has 1 aromatic heterocycles. The van der Waals surface area contributed by atoms with E-state index in [2.05, 4.69) is 15.5 Å². The largest absolute Gasteiger partial charge is 0.461 e. The number of anilines is 1. The first-order valence-corrected chi connectivity index (χ1v) is 4.56. The van der Waals surface area contributed by atoms with Gasteiger partial charge in [-0.05, 0) is 13.8 Å². The summed E-state index contributed by atoms with van der Waals surface area (Å²) in [6.45, 7) is 5.04. The Morgan fingerprint density at radius 2 is 2.20 bits per heavy atom. The van der Waals surface area contributed by atoms with Gasteiger partial charge < -0.3 is 10.1 Å². The Labute approximate surface area is 87.0 Å². The van der Waals surface area contributed by atoms with Crippen LogP contribution in [0, 0.1) is 6.92 Å². The van der Waals surface area contributed by atoms with E-state index in [1.807, 2.05) is 0 Å². The lowest BCUT2D eigenvalue weighted by atomic mass is 10.3. The van der Waals surface area contributed by atoms with Crippen molar-refractivity contribution in [1.29, 1.82) is 0 Å². The number of rotatable bonds is 3. The molecule has 1 amide bonds. The van der Waals surface area contributed by atoms with Crippen molar-refractivity contribution in [2.75, 3.05) is 11.9 Å². The lowest BCUT2D eigenvalue weighted by Crippen LogP contribution is -2.12. The predicted octanol–water partition coefficient (Wildman–Crippen LogP) is 0.853. The average molecular weight is 211 g/mol. The molecule has 6 nitrogen and oxygen atoms in total. The van der Waals surface area contributed by atoms with Crippen LogP contribution in [0.1, 0.15) is 30.0 Å². The van der Waals surface area contributed by atoms with Crippen molar-refractivity contribution in [2.24, 2.45) is 0 Å². The molecule has 1 rings (SSSR count). The molecule has 1 aromatic rings. The molecule has 0 aliphatic carbocycles. The number of nitrogens with one attached hydrogen (secondary N) is 2. The maximum absolute atomic E-state index is 11.4. The summed E-state index contributed by atoms with van der Waals surface area (Å²) in [5.41, 5.74) is 1.10. The van der Waals surface area contributed by atoms with Crippen molar-refractivity contribution in [3.05, 3.63) is 11.4 Å². The number of carbonyl (C=O) groups excluding carboxylic acids is 2. The van der Waals surface area contributed by atoms with Gasteiger partial charge >= 0.3 is 5.97 Å². The first-order valence-electron chi connectivity index (χ1n) is 4.56. The fourth-order valence-corrected chi connectivity index (χ4v) is 1.11. The zero-order valence-corrected chi connectivity index (χ0v) is 8.88. The van der Waals surface area contributed by atoms with Crippen LogP contribution >= 0.6 is 0 Å². The van der Waals surface area contributed by atoms with Crippen LogP contribution in [0.3, 0.4) is 0 Å². The van der Waals surface area contributed by atoms with Crippen molar-refractivity contribution in [1.82, 2.24) is 10.2 Å². The Morgan fingerprint density at radius 1 is 1.53 bits per heavy atom. The Hall–Kier alpha value is -1.85. The molecule has 1 heterocycles. The summed E-state index contributed by atoms with van der Waals surface area (Å²) in [7, 11) is 0. The molecule has 0 unspecified atom stereocenters. The lowest BCUT2D eigenvalue weighted by molar-refractivity contribution is -0.114. The van der Waals surface area contributed by atoms with Gasteiger partial charge in [-0.1, -0.05) is 0 Å². The van der Waals surface area contributed by atoms with E-state index >= 15 is 0 Å². The van der Waals surface area contributed by atoms with Crippen LogP contribution in [0.5, 0.6) is 0 Å². The number of ether oxygens (including phenoxy) is 1. The number of aromatic amines is 1. The van der Waals surface area contributed by atoms with E-state index in [4.69, 9.17) is 4.74 Å². The van der Waals surface area contributed by atoms with Gasteiger partial charge in [-0.15, -0.1) is 0 Å². The highest BCUT2D eigenvalue weighted by molar-refractivity contribution is 5.99. The molecule has 15 heavy (non-hydrogen) atoms. The predicted molar refractivity (Wildman–Crippen MR) is 53.6 cm³/mol. The van der Waals surface area contributed by atoms with Crippen LogP contribution in [-0.4, -0.2) is 28.7 Å². The molecule has 0 aliphatic rings. The fraction of sp³-hybridized carbons (Fsp3) is 0.444. The van der Waals surface area contributed by atoms with E-state index < -0.39 is 5.97 Å². The summed E-state index contributed by atoms with van der Waals surface area (Å²) in [6.07, 6.45) is 0. The number of aryl methyl sites for hydroxylation is 1. The summed E-state index contributed by atoms with van der Waals surface area (Å²) in [5, 5.41) is 8.92. The highest BCUT2D eigenvalue weighted by atomic mass is 16.5. The second-order valence-electron chi connectivity index (χ2n) is 2.97. The highest BCUT2D eigenvalue weighted by Crippen LogP contribution is 2.18. The molecule has 0 aromatic carbocycles. The number of carbonyl (C=O) groups is 2. The molecule has 0 fully saturated rings. The maximum atomic E-state index is 11.4. The minimum absolute atomic E-state index is 0.101. The van der Waals surface area contributed by atoms with Gasteiger partial charge in [-0.25, -0.2) is 4.79 Å². The number of aromatic nitrogens is 2. The van der Waals surface area contributed by atoms with Crippen molar-refractivity contribution in [3.63, 3.8) is 0 Å². The van der Waals surface area contributed by atoms with Crippen LogP contribution in [-0.2, 0) is 9.53 Å². The van der Waals surface area contributed by atoms with Crippen LogP contribution in [0.4, 0.5) is 5.69 Å². The number of nitrogens with zero attached hydrogens (tertiary/aromatic N) is 1. The van der Waals surface area contributed by atoms with Crippen molar-refractivity contribution < 1.29 is 14.3 Å². The van der Waals surface area contributed by atoms with Gasteiger partial charge in [-0.2, -0.15) is 5.10 Å². The molecule has 6 heteroatoms. The van der Waals surface area contributed by atoms with Crippen molar-refractivity contribution in [3.8, 4) is 0 Å². The van der Waals surface area contributed by atoms with Gasteiger partial charge in [0.2, 0.25) is 5.91 Å². The first-order chi connectivity index (χ1) is 7.06. The Bertz CT molecular complexity index is 384.